The van der Waals surface area contributed by atoms with Crippen LogP contribution in [-0.2, 0) is 9.59 Å². The summed E-state index contributed by atoms with van der Waals surface area (Å²) in [6, 6.07) is 0.952. The fraction of sp³-hybridized carbons (Fsp3) is 0.385. The number of nitrogens with zero attached hydrogens (tertiary/aromatic N) is 1. The molecule has 0 saturated carbocycles. The van der Waals surface area contributed by atoms with E-state index >= 15 is 0 Å². The number of rotatable bonds is 2. The van der Waals surface area contributed by atoms with E-state index in [0.717, 1.165) is 12.1 Å². The molecule has 22 heavy (non-hydrogen) atoms. The first-order valence-electron chi connectivity index (χ1n) is 6.34. The van der Waals surface area contributed by atoms with E-state index < -0.39 is 41.4 Å². The summed E-state index contributed by atoms with van der Waals surface area (Å²) in [6.45, 7) is -0.220. The number of likely N-dealkylation sites (tertiary alicyclic amines) is 1. The number of hydrogen-bond acceptors (Lipinski definition) is 2. The highest BCUT2D eigenvalue weighted by Crippen LogP contribution is 2.26. The summed E-state index contributed by atoms with van der Waals surface area (Å²) in [5.74, 6) is -4.85. The Labute approximate surface area is 121 Å². The van der Waals surface area contributed by atoms with Gasteiger partial charge in [0, 0.05) is 12.6 Å². The first-order valence-corrected chi connectivity index (χ1v) is 6.34. The maximum atomic E-state index is 13.4. The number of carbonyl (C=O) groups excluding carboxylic acids is 2. The van der Waals surface area contributed by atoms with Gasteiger partial charge in [-0.25, -0.2) is 8.78 Å². The van der Waals surface area contributed by atoms with Gasteiger partial charge in [0.05, 0.1) is 5.69 Å². The largest absolute Gasteiger partial charge is 0.471 e. The van der Waals surface area contributed by atoms with Crippen molar-refractivity contribution in [2.24, 2.45) is 0 Å². The number of halogens is 5. The summed E-state index contributed by atoms with van der Waals surface area (Å²) >= 11 is 0. The third-order valence-electron chi connectivity index (χ3n) is 3.25. The molecule has 1 unspecified atom stereocenters. The van der Waals surface area contributed by atoms with Crippen molar-refractivity contribution in [3.63, 3.8) is 0 Å². The monoisotopic (exact) mass is 322 g/mol. The summed E-state index contributed by atoms with van der Waals surface area (Å²) < 4.78 is 63.8. The standard InChI is InChI=1S/C13H11F5N2O2/c14-7-3-4-8(15)9(6-7)19-11(21)10-2-1-5-20(10)12(22)13(16,17)18/h3-4,6,10H,1-2,5H2,(H,19,21). The molecule has 0 spiro atoms. The zero-order valence-electron chi connectivity index (χ0n) is 11.1. The summed E-state index contributed by atoms with van der Waals surface area (Å²) in [5.41, 5.74) is -0.490. The molecule has 1 atom stereocenters. The van der Waals surface area contributed by atoms with Gasteiger partial charge in [0.2, 0.25) is 5.91 Å². The Morgan fingerprint density at radius 2 is 1.91 bits per heavy atom. The molecule has 2 amide bonds. The number of carbonyl (C=O) groups is 2. The zero-order chi connectivity index (χ0) is 16.5. The van der Waals surface area contributed by atoms with E-state index in [4.69, 9.17) is 0 Å². The van der Waals surface area contributed by atoms with Crippen molar-refractivity contribution in [3.05, 3.63) is 29.8 Å². The predicted octanol–water partition coefficient (Wildman–Crippen LogP) is 2.46. The second kappa shape index (κ2) is 5.90. The Bertz CT molecular complexity index is 603. The number of hydrogen-bond donors (Lipinski definition) is 1. The van der Waals surface area contributed by atoms with Gasteiger partial charge in [0.1, 0.15) is 17.7 Å². The second-order valence-electron chi connectivity index (χ2n) is 4.77. The minimum atomic E-state index is -5.09. The van der Waals surface area contributed by atoms with E-state index in [1.54, 1.807) is 0 Å². The van der Waals surface area contributed by atoms with Crippen LogP contribution < -0.4 is 5.32 Å². The number of amides is 2. The van der Waals surface area contributed by atoms with Gasteiger partial charge in [-0.2, -0.15) is 13.2 Å². The van der Waals surface area contributed by atoms with Crippen LogP contribution in [0.2, 0.25) is 0 Å². The molecular weight excluding hydrogens is 311 g/mol. The van der Waals surface area contributed by atoms with Crippen molar-refractivity contribution in [2.45, 2.75) is 25.1 Å². The van der Waals surface area contributed by atoms with Crippen molar-refractivity contribution in [1.82, 2.24) is 4.90 Å². The minimum absolute atomic E-state index is 0.0184. The molecule has 1 saturated heterocycles. The fourth-order valence-corrected chi connectivity index (χ4v) is 2.25. The van der Waals surface area contributed by atoms with Gasteiger partial charge < -0.3 is 10.2 Å². The fourth-order valence-electron chi connectivity index (χ4n) is 2.25. The molecule has 1 heterocycles. The van der Waals surface area contributed by atoms with E-state index in [2.05, 4.69) is 0 Å². The summed E-state index contributed by atoms with van der Waals surface area (Å²) in [5, 5.41) is 2.01. The molecule has 1 aromatic rings. The Hall–Kier alpha value is -2.19. The maximum absolute atomic E-state index is 13.4. The lowest BCUT2D eigenvalue weighted by Gasteiger charge is -2.24. The summed E-state index contributed by atoms with van der Waals surface area (Å²) in [4.78, 5) is 23.6. The van der Waals surface area contributed by atoms with E-state index in [1.807, 2.05) is 5.32 Å². The van der Waals surface area contributed by atoms with Crippen molar-refractivity contribution in [2.75, 3.05) is 11.9 Å². The molecule has 0 radical (unpaired) electrons. The first kappa shape index (κ1) is 16.2. The number of alkyl halides is 3. The van der Waals surface area contributed by atoms with Crippen LogP contribution in [0.25, 0.3) is 0 Å². The van der Waals surface area contributed by atoms with Gasteiger partial charge in [-0.15, -0.1) is 0 Å². The lowest BCUT2D eigenvalue weighted by Crippen LogP contribution is -2.48. The van der Waals surface area contributed by atoms with Crippen LogP contribution in [0.1, 0.15) is 12.8 Å². The van der Waals surface area contributed by atoms with Crippen molar-refractivity contribution in [1.29, 1.82) is 0 Å². The van der Waals surface area contributed by atoms with Crippen LogP contribution in [0.4, 0.5) is 27.6 Å². The molecule has 4 nitrogen and oxygen atoms in total. The Morgan fingerprint density at radius 3 is 2.55 bits per heavy atom. The molecule has 1 aliphatic heterocycles. The van der Waals surface area contributed by atoms with E-state index in [9.17, 15) is 31.5 Å². The lowest BCUT2D eigenvalue weighted by molar-refractivity contribution is -0.186. The van der Waals surface area contributed by atoms with Gasteiger partial charge in [-0.3, -0.25) is 9.59 Å². The molecule has 0 bridgehead atoms. The molecule has 9 heteroatoms. The smallest absolute Gasteiger partial charge is 0.323 e. The van der Waals surface area contributed by atoms with Crippen LogP contribution in [0, 0.1) is 11.6 Å². The highest BCUT2D eigenvalue weighted by atomic mass is 19.4. The first-order chi connectivity index (χ1) is 10.2. The predicted molar refractivity (Wildman–Crippen MR) is 65.8 cm³/mol. The molecule has 0 aromatic heterocycles. The van der Waals surface area contributed by atoms with Crippen LogP contribution in [0.3, 0.4) is 0 Å². The SMILES string of the molecule is O=C(Nc1cc(F)ccc1F)C1CCCN1C(=O)C(F)(F)F. The Balaban J connectivity index is 2.15. The second-order valence-corrected chi connectivity index (χ2v) is 4.77. The molecule has 1 aromatic carbocycles. The average molecular weight is 322 g/mol. The quantitative estimate of drug-likeness (QED) is 0.851. The number of anilines is 1. The summed E-state index contributed by atoms with van der Waals surface area (Å²) in [6.07, 6.45) is -4.86. The van der Waals surface area contributed by atoms with E-state index in [0.29, 0.717) is 11.0 Å². The molecular formula is C13H11F5N2O2. The zero-order valence-corrected chi connectivity index (χ0v) is 11.1. The highest BCUT2D eigenvalue weighted by molar-refractivity contribution is 5.98. The van der Waals surface area contributed by atoms with Crippen molar-refractivity contribution >= 4 is 17.5 Å². The number of nitrogens with one attached hydrogen (secondary N) is 1. The van der Waals surface area contributed by atoms with Gasteiger partial charge >= 0.3 is 12.1 Å². The van der Waals surface area contributed by atoms with E-state index in [1.165, 1.54) is 0 Å². The van der Waals surface area contributed by atoms with Crippen molar-refractivity contribution in [3.8, 4) is 0 Å². The summed E-state index contributed by atoms with van der Waals surface area (Å²) in [7, 11) is 0. The van der Waals surface area contributed by atoms with Crippen LogP contribution in [0.5, 0.6) is 0 Å². The molecule has 1 fully saturated rings. The molecule has 120 valence electrons. The maximum Gasteiger partial charge on any atom is 0.471 e. The van der Waals surface area contributed by atoms with Gasteiger partial charge in [-0.1, -0.05) is 0 Å². The van der Waals surface area contributed by atoms with Crippen LogP contribution in [-0.4, -0.2) is 35.5 Å². The third-order valence-corrected chi connectivity index (χ3v) is 3.25. The van der Waals surface area contributed by atoms with E-state index in [-0.39, 0.29) is 19.4 Å². The topological polar surface area (TPSA) is 49.4 Å². The molecule has 1 aliphatic rings. The molecule has 0 aliphatic carbocycles. The molecule has 2 rings (SSSR count). The Morgan fingerprint density at radius 1 is 1.23 bits per heavy atom. The Kier molecular flexibility index (Phi) is 4.34. The third kappa shape index (κ3) is 3.34. The van der Waals surface area contributed by atoms with Gasteiger partial charge in [-0.05, 0) is 25.0 Å². The number of benzene rings is 1. The van der Waals surface area contributed by atoms with Gasteiger partial charge in [0.25, 0.3) is 0 Å². The highest BCUT2D eigenvalue weighted by Gasteiger charge is 2.47. The minimum Gasteiger partial charge on any atom is -0.323 e. The lowest BCUT2D eigenvalue weighted by atomic mass is 10.2. The van der Waals surface area contributed by atoms with Crippen LogP contribution in [0.15, 0.2) is 18.2 Å². The van der Waals surface area contributed by atoms with Crippen molar-refractivity contribution < 1.29 is 31.5 Å². The molecule has 1 N–H and O–H groups in total. The van der Waals surface area contributed by atoms with Gasteiger partial charge in [0.15, 0.2) is 0 Å². The normalized spacial score (nSPS) is 18.4. The average Bonchev–Trinajstić information content (AvgIpc) is 2.90. The van der Waals surface area contributed by atoms with Crippen LogP contribution >= 0.6 is 0 Å².